The standard InChI is InChI=1S/C17H17F4N3O3/c18-11-1-5-14(6-2-11)26-10-13(25)9-23-16(22)24-12-3-7-15(8-4-12)27-17(19,20)21/h1-8,13,25H,9-10H2,(H3,22,23,24). The van der Waals surface area contributed by atoms with Gasteiger partial charge in [-0.3, -0.25) is 4.99 Å². The first kappa shape index (κ1) is 20.3. The Kier molecular flexibility index (Phi) is 6.83. The second-order valence-corrected chi connectivity index (χ2v) is 5.34. The maximum atomic E-state index is 12.8. The molecular formula is C17H17F4N3O3. The molecule has 10 heteroatoms. The van der Waals surface area contributed by atoms with Crippen LogP contribution in [-0.4, -0.2) is 36.7 Å². The van der Waals surface area contributed by atoms with Crippen molar-refractivity contribution in [3.8, 4) is 11.5 Å². The number of benzene rings is 2. The molecule has 2 rings (SSSR count). The number of aliphatic imine (C=N–C) groups is 1. The third-order valence-corrected chi connectivity index (χ3v) is 3.09. The van der Waals surface area contributed by atoms with Gasteiger partial charge in [-0.1, -0.05) is 0 Å². The highest BCUT2D eigenvalue weighted by Gasteiger charge is 2.30. The van der Waals surface area contributed by atoms with E-state index in [-0.39, 0.29) is 24.9 Å². The fourth-order valence-corrected chi connectivity index (χ4v) is 1.91. The Balaban J connectivity index is 1.78. The van der Waals surface area contributed by atoms with Gasteiger partial charge in [0, 0.05) is 5.69 Å². The van der Waals surface area contributed by atoms with Gasteiger partial charge < -0.3 is 25.6 Å². The molecule has 0 saturated heterocycles. The van der Waals surface area contributed by atoms with Crippen molar-refractivity contribution in [2.24, 2.45) is 10.7 Å². The van der Waals surface area contributed by atoms with Gasteiger partial charge in [-0.05, 0) is 48.5 Å². The van der Waals surface area contributed by atoms with E-state index in [0.29, 0.717) is 11.4 Å². The number of hydrogen-bond donors (Lipinski definition) is 3. The van der Waals surface area contributed by atoms with Crippen LogP contribution in [-0.2, 0) is 0 Å². The quantitative estimate of drug-likeness (QED) is 0.386. The maximum Gasteiger partial charge on any atom is 0.573 e. The molecule has 27 heavy (non-hydrogen) atoms. The minimum Gasteiger partial charge on any atom is -0.491 e. The number of ether oxygens (including phenoxy) is 2. The van der Waals surface area contributed by atoms with Gasteiger partial charge in [-0.15, -0.1) is 13.2 Å². The number of guanidine groups is 1. The van der Waals surface area contributed by atoms with Crippen molar-refractivity contribution in [1.29, 1.82) is 0 Å². The highest BCUT2D eigenvalue weighted by Crippen LogP contribution is 2.23. The number of nitrogens with two attached hydrogens (primary N) is 1. The molecule has 0 bridgehead atoms. The van der Waals surface area contributed by atoms with E-state index in [9.17, 15) is 22.7 Å². The number of nitrogens with one attached hydrogen (secondary N) is 1. The van der Waals surface area contributed by atoms with Gasteiger partial charge >= 0.3 is 6.36 Å². The molecule has 0 aliphatic heterocycles. The second-order valence-electron chi connectivity index (χ2n) is 5.34. The number of halogens is 4. The smallest absolute Gasteiger partial charge is 0.491 e. The molecule has 0 heterocycles. The van der Waals surface area contributed by atoms with Crippen LogP contribution in [0.5, 0.6) is 11.5 Å². The summed E-state index contributed by atoms with van der Waals surface area (Å²) in [6, 6.07) is 10.2. The minimum atomic E-state index is -4.76. The molecule has 2 aromatic rings. The van der Waals surface area contributed by atoms with E-state index >= 15 is 0 Å². The lowest BCUT2D eigenvalue weighted by Gasteiger charge is -2.12. The summed E-state index contributed by atoms with van der Waals surface area (Å²) in [7, 11) is 0. The fraction of sp³-hybridized carbons (Fsp3) is 0.235. The van der Waals surface area contributed by atoms with Gasteiger partial charge in [0.2, 0.25) is 0 Å². The summed E-state index contributed by atoms with van der Waals surface area (Å²) in [5.41, 5.74) is 6.04. The number of aliphatic hydroxyl groups excluding tert-OH is 1. The van der Waals surface area contributed by atoms with Gasteiger partial charge in [-0.25, -0.2) is 4.39 Å². The number of rotatable bonds is 7. The van der Waals surface area contributed by atoms with Crippen LogP contribution in [0.15, 0.2) is 53.5 Å². The van der Waals surface area contributed by atoms with E-state index in [1.807, 2.05) is 0 Å². The Morgan fingerprint density at radius 3 is 2.26 bits per heavy atom. The average molecular weight is 387 g/mol. The van der Waals surface area contributed by atoms with Crippen LogP contribution in [0.25, 0.3) is 0 Å². The van der Waals surface area contributed by atoms with E-state index in [1.54, 1.807) is 0 Å². The molecule has 0 aliphatic rings. The lowest BCUT2D eigenvalue weighted by Crippen LogP contribution is -2.27. The predicted molar refractivity (Wildman–Crippen MR) is 91.1 cm³/mol. The molecule has 0 spiro atoms. The van der Waals surface area contributed by atoms with Gasteiger partial charge in [-0.2, -0.15) is 0 Å². The third-order valence-electron chi connectivity index (χ3n) is 3.09. The zero-order valence-corrected chi connectivity index (χ0v) is 13.9. The predicted octanol–water partition coefficient (Wildman–Crippen LogP) is 2.89. The first-order chi connectivity index (χ1) is 12.7. The molecule has 6 nitrogen and oxygen atoms in total. The molecule has 0 radical (unpaired) electrons. The first-order valence-corrected chi connectivity index (χ1v) is 7.70. The fourth-order valence-electron chi connectivity index (χ4n) is 1.91. The number of alkyl halides is 3. The van der Waals surface area contributed by atoms with Gasteiger partial charge in [0.05, 0.1) is 6.54 Å². The third kappa shape index (κ3) is 7.82. The molecule has 0 aromatic heterocycles. The number of anilines is 1. The zero-order valence-electron chi connectivity index (χ0n) is 13.9. The van der Waals surface area contributed by atoms with Crippen molar-refractivity contribution in [2.45, 2.75) is 12.5 Å². The van der Waals surface area contributed by atoms with Crippen LogP contribution in [0.1, 0.15) is 0 Å². The molecule has 146 valence electrons. The largest absolute Gasteiger partial charge is 0.573 e. The van der Waals surface area contributed by atoms with Crippen LogP contribution < -0.4 is 20.5 Å². The van der Waals surface area contributed by atoms with Crippen LogP contribution in [0.2, 0.25) is 0 Å². The molecule has 0 aliphatic carbocycles. The first-order valence-electron chi connectivity index (χ1n) is 7.70. The molecule has 4 N–H and O–H groups in total. The zero-order chi connectivity index (χ0) is 19.9. The number of hydrogen-bond acceptors (Lipinski definition) is 4. The second kappa shape index (κ2) is 9.08. The van der Waals surface area contributed by atoms with Crippen LogP contribution in [0, 0.1) is 5.82 Å². The highest BCUT2D eigenvalue weighted by atomic mass is 19.4. The summed E-state index contributed by atoms with van der Waals surface area (Å²) < 4.78 is 58.1. The van der Waals surface area contributed by atoms with Gasteiger partial charge in [0.25, 0.3) is 0 Å². The minimum absolute atomic E-state index is 0.0414. The molecule has 0 fully saturated rings. The van der Waals surface area contributed by atoms with Crippen molar-refractivity contribution in [2.75, 3.05) is 18.5 Å². The Labute approximate surface area is 152 Å². The topological polar surface area (TPSA) is 89.1 Å². The normalized spacial score (nSPS) is 13.1. The summed E-state index contributed by atoms with van der Waals surface area (Å²) in [4.78, 5) is 3.91. The summed E-state index contributed by atoms with van der Waals surface area (Å²) in [5.74, 6) is -0.409. The molecule has 1 unspecified atom stereocenters. The van der Waals surface area contributed by atoms with E-state index in [0.717, 1.165) is 12.1 Å². The molecule has 2 aromatic carbocycles. The molecule has 1 atom stereocenters. The summed E-state index contributed by atoms with van der Waals surface area (Å²) in [5, 5.41) is 12.5. The van der Waals surface area contributed by atoms with Gasteiger partial charge in [0.15, 0.2) is 5.96 Å². The maximum absolute atomic E-state index is 12.8. The van der Waals surface area contributed by atoms with Crippen LogP contribution in [0.3, 0.4) is 0 Å². The summed E-state index contributed by atoms with van der Waals surface area (Å²) in [6.07, 6.45) is -5.72. The average Bonchev–Trinajstić information content (AvgIpc) is 2.60. The van der Waals surface area contributed by atoms with E-state index in [1.165, 1.54) is 36.4 Å². The monoisotopic (exact) mass is 387 g/mol. The lowest BCUT2D eigenvalue weighted by molar-refractivity contribution is -0.274. The number of aliphatic hydroxyl groups is 1. The van der Waals surface area contributed by atoms with Crippen molar-refractivity contribution in [3.05, 3.63) is 54.3 Å². The Morgan fingerprint density at radius 1 is 1.07 bits per heavy atom. The molecule has 0 saturated carbocycles. The van der Waals surface area contributed by atoms with Crippen molar-refractivity contribution in [1.82, 2.24) is 0 Å². The number of nitrogens with zero attached hydrogens (tertiary/aromatic N) is 1. The van der Waals surface area contributed by atoms with Crippen LogP contribution in [0.4, 0.5) is 23.2 Å². The Morgan fingerprint density at radius 2 is 1.67 bits per heavy atom. The van der Waals surface area contributed by atoms with E-state index in [2.05, 4.69) is 15.0 Å². The molecule has 0 amide bonds. The van der Waals surface area contributed by atoms with Crippen molar-refractivity contribution in [3.63, 3.8) is 0 Å². The SMILES string of the molecule is NC(=NCC(O)COc1ccc(F)cc1)Nc1ccc(OC(F)(F)F)cc1. The lowest BCUT2D eigenvalue weighted by atomic mass is 10.3. The van der Waals surface area contributed by atoms with Crippen molar-refractivity contribution >= 4 is 11.6 Å². The summed E-state index contributed by atoms with van der Waals surface area (Å²) in [6.45, 7) is -0.152. The van der Waals surface area contributed by atoms with Crippen molar-refractivity contribution < 1.29 is 32.1 Å². The van der Waals surface area contributed by atoms with Gasteiger partial charge in [0.1, 0.15) is 30.0 Å². The Bertz CT molecular complexity index is 750. The van der Waals surface area contributed by atoms with E-state index < -0.39 is 18.3 Å². The molecular weight excluding hydrogens is 370 g/mol. The summed E-state index contributed by atoms with van der Waals surface area (Å²) >= 11 is 0. The highest BCUT2D eigenvalue weighted by molar-refractivity contribution is 5.92. The van der Waals surface area contributed by atoms with E-state index in [4.69, 9.17) is 10.5 Å². The Hall–Kier alpha value is -3.01. The van der Waals surface area contributed by atoms with Crippen LogP contribution >= 0.6 is 0 Å².